The van der Waals surface area contributed by atoms with Crippen LogP contribution in [0.5, 0.6) is 5.75 Å². The van der Waals surface area contributed by atoms with Gasteiger partial charge >= 0.3 is 0 Å². The zero-order chi connectivity index (χ0) is 23.3. The van der Waals surface area contributed by atoms with Crippen molar-refractivity contribution >= 4 is 11.5 Å². The van der Waals surface area contributed by atoms with Gasteiger partial charge in [-0.15, -0.1) is 0 Å². The van der Waals surface area contributed by atoms with Crippen LogP contribution in [-0.2, 0) is 11.2 Å². The molecule has 0 saturated heterocycles. The Hall–Kier alpha value is -2.55. The quantitative estimate of drug-likeness (QED) is 0.508. The highest BCUT2D eigenvalue weighted by Gasteiger charge is 2.30. The number of benzene rings is 2. The number of carbonyl (C=O) groups excluding carboxylic acids is 1. The Kier molecular flexibility index (Phi) is 7.82. The predicted molar refractivity (Wildman–Crippen MR) is 135 cm³/mol. The van der Waals surface area contributed by atoms with Crippen molar-refractivity contribution in [3.05, 3.63) is 60.2 Å². The molecular weight excluding hydrogens is 394 g/mol. The molecule has 0 spiro atoms. The van der Waals surface area contributed by atoms with Crippen molar-refractivity contribution in [3.8, 4) is 16.9 Å². The molecule has 0 atom stereocenters. The molecule has 2 aromatic rings. The van der Waals surface area contributed by atoms with Crippen LogP contribution >= 0.6 is 0 Å². The van der Waals surface area contributed by atoms with Crippen molar-refractivity contribution in [2.24, 2.45) is 11.3 Å². The van der Waals surface area contributed by atoms with Crippen LogP contribution in [0.4, 0.5) is 0 Å². The van der Waals surface area contributed by atoms with E-state index in [1.165, 1.54) is 24.0 Å². The molecule has 172 valence electrons. The Morgan fingerprint density at radius 1 is 1.06 bits per heavy atom. The first-order chi connectivity index (χ1) is 15.1. The van der Waals surface area contributed by atoms with Gasteiger partial charge in [-0.25, -0.2) is 0 Å². The van der Waals surface area contributed by atoms with Crippen molar-refractivity contribution in [3.63, 3.8) is 0 Å². The molecule has 0 heterocycles. The zero-order valence-electron chi connectivity index (χ0n) is 20.5. The van der Waals surface area contributed by atoms with Gasteiger partial charge in [0.15, 0.2) is 0 Å². The van der Waals surface area contributed by atoms with E-state index in [0.29, 0.717) is 12.0 Å². The first kappa shape index (κ1) is 24.1. The third-order valence-corrected chi connectivity index (χ3v) is 6.72. The van der Waals surface area contributed by atoms with E-state index in [0.717, 1.165) is 47.6 Å². The molecular formula is C29H39NO2. The SMILES string of the molecule is C=C(C)c1cccc(-c2cc(OC3CCC(C(C)(C)C)CC3)ccc2CCNC(C)=O)c1. The van der Waals surface area contributed by atoms with E-state index < -0.39 is 0 Å². The molecule has 1 amide bonds. The van der Waals surface area contributed by atoms with Gasteiger partial charge in [0.1, 0.15) is 5.75 Å². The fourth-order valence-electron chi connectivity index (χ4n) is 4.68. The topological polar surface area (TPSA) is 38.3 Å². The predicted octanol–water partition coefficient (Wildman–Crippen LogP) is 7.05. The van der Waals surface area contributed by atoms with Crippen LogP contribution in [0.2, 0.25) is 0 Å². The number of hydrogen-bond donors (Lipinski definition) is 1. The van der Waals surface area contributed by atoms with Crippen molar-refractivity contribution in [2.75, 3.05) is 6.54 Å². The summed E-state index contributed by atoms with van der Waals surface area (Å²) in [5, 5.41) is 2.91. The lowest BCUT2D eigenvalue weighted by Gasteiger charge is -2.37. The first-order valence-corrected chi connectivity index (χ1v) is 11.9. The average molecular weight is 434 g/mol. The fraction of sp³-hybridized carbons (Fsp3) is 0.483. The van der Waals surface area contributed by atoms with Crippen molar-refractivity contribution in [1.29, 1.82) is 0 Å². The van der Waals surface area contributed by atoms with Gasteiger partial charge in [0.25, 0.3) is 0 Å². The lowest BCUT2D eigenvalue weighted by Crippen LogP contribution is -2.30. The summed E-state index contributed by atoms with van der Waals surface area (Å²) in [6, 6.07) is 14.9. The van der Waals surface area contributed by atoms with Gasteiger partial charge in [0.2, 0.25) is 5.91 Å². The third kappa shape index (κ3) is 6.48. The third-order valence-electron chi connectivity index (χ3n) is 6.72. The molecule has 1 aliphatic rings. The highest BCUT2D eigenvalue weighted by Crippen LogP contribution is 2.39. The minimum atomic E-state index is 0.00152. The van der Waals surface area contributed by atoms with Crippen LogP contribution in [-0.4, -0.2) is 18.6 Å². The molecule has 0 aliphatic heterocycles. The molecule has 1 aliphatic carbocycles. The van der Waals surface area contributed by atoms with Crippen LogP contribution in [0.25, 0.3) is 16.7 Å². The lowest BCUT2D eigenvalue weighted by molar-refractivity contribution is -0.118. The number of hydrogen-bond acceptors (Lipinski definition) is 2. The lowest BCUT2D eigenvalue weighted by atomic mass is 9.72. The Morgan fingerprint density at radius 3 is 2.41 bits per heavy atom. The maximum absolute atomic E-state index is 11.3. The van der Waals surface area contributed by atoms with E-state index >= 15 is 0 Å². The highest BCUT2D eigenvalue weighted by atomic mass is 16.5. The second-order valence-corrected chi connectivity index (χ2v) is 10.4. The van der Waals surface area contributed by atoms with Crippen LogP contribution in [0.15, 0.2) is 49.0 Å². The van der Waals surface area contributed by atoms with Gasteiger partial charge in [-0.1, -0.05) is 57.2 Å². The Bertz CT molecular complexity index is 946. The second kappa shape index (κ2) is 10.4. The largest absolute Gasteiger partial charge is 0.490 e. The van der Waals surface area contributed by atoms with E-state index in [-0.39, 0.29) is 12.0 Å². The minimum absolute atomic E-state index is 0.00152. The van der Waals surface area contributed by atoms with E-state index in [9.17, 15) is 4.79 Å². The van der Waals surface area contributed by atoms with Crippen LogP contribution in [0, 0.1) is 11.3 Å². The number of amides is 1. The zero-order valence-corrected chi connectivity index (χ0v) is 20.5. The van der Waals surface area contributed by atoms with Gasteiger partial charge in [-0.05, 0) is 90.8 Å². The van der Waals surface area contributed by atoms with E-state index in [1.807, 2.05) is 6.92 Å². The maximum Gasteiger partial charge on any atom is 0.216 e. The molecule has 32 heavy (non-hydrogen) atoms. The summed E-state index contributed by atoms with van der Waals surface area (Å²) in [6.07, 6.45) is 5.77. The smallest absolute Gasteiger partial charge is 0.216 e. The molecule has 0 aromatic heterocycles. The van der Waals surface area contributed by atoms with Gasteiger partial charge in [0.05, 0.1) is 6.10 Å². The van der Waals surface area contributed by atoms with Crippen LogP contribution < -0.4 is 10.1 Å². The molecule has 2 aromatic carbocycles. The van der Waals surface area contributed by atoms with Crippen molar-refractivity contribution in [1.82, 2.24) is 5.32 Å². The van der Waals surface area contributed by atoms with E-state index in [2.05, 4.69) is 75.1 Å². The molecule has 3 rings (SSSR count). The average Bonchev–Trinajstić information content (AvgIpc) is 2.74. The molecule has 3 heteroatoms. The van der Waals surface area contributed by atoms with Gasteiger partial charge < -0.3 is 10.1 Å². The number of nitrogens with one attached hydrogen (secondary N) is 1. The van der Waals surface area contributed by atoms with Crippen molar-refractivity contribution in [2.45, 2.75) is 72.8 Å². The molecule has 1 N–H and O–H groups in total. The Morgan fingerprint density at radius 2 is 1.78 bits per heavy atom. The number of rotatable bonds is 7. The first-order valence-electron chi connectivity index (χ1n) is 11.9. The van der Waals surface area contributed by atoms with Crippen LogP contribution in [0.1, 0.15) is 71.4 Å². The second-order valence-electron chi connectivity index (χ2n) is 10.4. The summed E-state index contributed by atoms with van der Waals surface area (Å²) in [5.74, 6) is 1.71. The Balaban J connectivity index is 1.81. The molecule has 3 nitrogen and oxygen atoms in total. The number of allylic oxidation sites excluding steroid dienone is 1. The molecule has 0 bridgehead atoms. The summed E-state index contributed by atoms with van der Waals surface area (Å²) >= 11 is 0. The highest BCUT2D eigenvalue weighted by molar-refractivity contribution is 5.75. The minimum Gasteiger partial charge on any atom is -0.490 e. The normalized spacial score (nSPS) is 18.8. The maximum atomic E-state index is 11.3. The summed E-state index contributed by atoms with van der Waals surface area (Å²) < 4.78 is 6.47. The molecule has 1 fully saturated rings. The molecule has 0 unspecified atom stereocenters. The Labute approximate surface area is 194 Å². The fourth-order valence-corrected chi connectivity index (χ4v) is 4.68. The van der Waals surface area contributed by atoms with Gasteiger partial charge in [-0.2, -0.15) is 0 Å². The summed E-state index contributed by atoms with van der Waals surface area (Å²) in [4.78, 5) is 11.3. The summed E-state index contributed by atoms with van der Waals surface area (Å²) in [7, 11) is 0. The van der Waals surface area contributed by atoms with Gasteiger partial charge in [-0.3, -0.25) is 4.79 Å². The summed E-state index contributed by atoms with van der Waals surface area (Å²) in [5.41, 5.74) is 6.10. The monoisotopic (exact) mass is 433 g/mol. The van der Waals surface area contributed by atoms with Crippen molar-refractivity contribution < 1.29 is 9.53 Å². The van der Waals surface area contributed by atoms with Crippen LogP contribution in [0.3, 0.4) is 0 Å². The molecule has 0 radical (unpaired) electrons. The number of carbonyl (C=O) groups is 1. The van der Waals surface area contributed by atoms with Gasteiger partial charge in [0, 0.05) is 13.5 Å². The number of ether oxygens (including phenoxy) is 1. The van der Waals surface area contributed by atoms with E-state index in [1.54, 1.807) is 6.92 Å². The van der Waals surface area contributed by atoms with E-state index in [4.69, 9.17) is 4.74 Å². The summed E-state index contributed by atoms with van der Waals surface area (Å²) in [6.45, 7) is 15.4. The standard InChI is InChI=1S/C29H39NO2/c1-20(2)23-8-7-9-24(18-23)28-19-27(13-10-22(28)16-17-30-21(3)31)32-26-14-11-25(12-15-26)29(4,5)6/h7-10,13,18-19,25-26H,1,11-12,14-17H2,2-6H3,(H,30,31). The molecule has 1 saturated carbocycles.